The average molecular weight is 517 g/mol. The molecule has 1 aromatic carbocycles. The molecule has 0 spiro atoms. The molecule has 0 fully saturated rings. The number of hydrogen-bond donors (Lipinski definition) is 3. The van der Waals surface area contributed by atoms with Crippen molar-refractivity contribution in [2.75, 3.05) is 19.6 Å². The van der Waals surface area contributed by atoms with Gasteiger partial charge in [0.2, 0.25) is 0 Å². The zero-order valence-corrected chi connectivity index (χ0v) is 20.5. The summed E-state index contributed by atoms with van der Waals surface area (Å²) in [7, 11) is 1.39. The van der Waals surface area contributed by atoms with Gasteiger partial charge in [-0.25, -0.2) is 4.79 Å². The summed E-state index contributed by atoms with van der Waals surface area (Å²) in [6, 6.07) is 4.22. The number of carbonyl (C=O) groups is 1. The number of methoxy groups -OCH3 is 1. The van der Waals surface area contributed by atoms with Gasteiger partial charge in [-0.1, -0.05) is 30.9 Å². The average Bonchev–Trinajstić information content (AvgIpc) is 2.79. The second-order valence-electron chi connectivity index (χ2n) is 7.80. The SMILES string of the molecule is COCC(O)Cn1c(=O)cnn(-c2ccc(Cl)c(C(=O)NC(O)CCCCCCCCl)c2)c1=O. The molecule has 0 aliphatic rings. The van der Waals surface area contributed by atoms with Crippen molar-refractivity contribution in [1.82, 2.24) is 19.7 Å². The van der Waals surface area contributed by atoms with Crippen LogP contribution in [0.1, 0.15) is 48.9 Å². The molecule has 188 valence electrons. The smallest absolute Gasteiger partial charge is 0.352 e. The van der Waals surface area contributed by atoms with E-state index in [1.165, 1.54) is 25.3 Å². The molecule has 0 saturated carbocycles. The van der Waals surface area contributed by atoms with E-state index >= 15 is 0 Å². The minimum Gasteiger partial charge on any atom is -0.389 e. The first kappa shape index (κ1) is 28.0. The number of aliphatic hydroxyl groups excluding tert-OH is 2. The van der Waals surface area contributed by atoms with Crippen LogP contribution in [0.5, 0.6) is 0 Å². The maximum Gasteiger partial charge on any atom is 0.352 e. The Bertz CT molecular complexity index is 1060. The lowest BCUT2D eigenvalue weighted by molar-refractivity contribution is 0.0519. The van der Waals surface area contributed by atoms with Gasteiger partial charge < -0.3 is 20.3 Å². The van der Waals surface area contributed by atoms with E-state index in [-0.39, 0.29) is 29.4 Å². The first-order valence-corrected chi connectivity index (χ1v) is 11.9. The molecule has 0 aliphatic heterocycles. The second-order valence-corrected chi connectivity index (χ2v) is 8.58. The van der Waals surface area contributed by atoms with Crippen molar-refractivity contribution >= 4 is 29.1 Å². The number of ether oxygens (including phenoxy) is 1. The summed E-state index contributed by atoms with van der Waals surface area (Å²) in [5.41, 5.74) is -1.27. The Balaban J connectivity index is 2.15. The number of nitrogens with one attached hydrogen (secondary N) is 1. The Morgan fingerprint density at radius 3 is 2.59 bits per heavy atom. The fourth-order valence-electron chi connectivity index (χ4n) is 3.32. The van der Waals surface area contributed by atoms with Crippen molar-refractivity contribution in [2.24, 2.45) is 0 Å². The van der Waals surface area contributed by atoms with Crippen molar-refractivity contribution < 1.29 is 19.7 Å². The number of nitrogens with zero attached hydrogens (tertiary/aromatic N) is 3. The summed E-state index contributed by atoms with van der Waals surface area (Å²) in [4.78, 5) is 37.6. The molecule has 1 aromatic heterocycles. The first-order chi connectivity index (χ1) is 16.3. The summed E-state index contributed by atoms with van der Waals surface area (Å²) in [6.45, 7) is -0.345. The molecule has 12 heteroatoms. The Labute approximate surface area is 207 Å². The molecule has 1 heterocycles. The molecule has 2 atom stereocenters. The molecule has 34 heavy (non-hydrogen) atoms. The summed E-state index contributed by atoms with van der Waals surface area (Å²) in [5.74, 6) is 0.0233. The molecule has 0 radical (unpaired) electrons. The minimum atomic E-state index is -1.07. The molecule has 2 aromatic rings. The Morgan fingerprint density at radius 2 is 1.88 bits per heavy atom. The normalized spacial score (nSPS) is 13.0. The summed E-state index contributed by atoms with van der Waals surface area (Å²) < 4.78 is 6.57. The maximum absolute atomic E-state index is 12.8. The summed E-state index contributed by atoms with van der Waals surface area (Å²) >= 11 is 11.8. The van der Waals surface area contributed by atoms with E-state index in [4.69, 9.17) is 27.9 Å². The van der Waals surface area contributed by atoms with Gasteiger partial charge in [-0.15, -0.1) is 11.6 Å². The first-order valence-electron chi connectivity index (χ1n) is 11.0. The van der Waals surface area contributed by atoms with E-state index in [0.29, 0.717) is 12.3 Å². The van der Waals surface area contributed by atoms with Crippen LogP contribution in [-0.4, -0.2) is 62.4 Å². The lowest BCUT2D eigenvalue weighted by atomic mass is 10.1. The molecule has 0 bridgehead atoms. The van der Waals surface area contributed by atoms with Crippen molar-refractivity contribution in [3.05, 3.63) is 55.8 Å². The van der Waals surface area contributed by atoms with E-state index < -0.39 is 29.5 Å². The van der Waals surface area contributed by atoms with Crippen LogP contribution in [0, 0.1) is 0 Å². The Kier molecular flexibility index (Phi) is 11.7. The molecular formula is C22H30Cl2N4O6. The van der Waals surface area contributed by atoms with E-state index in [2.05, 4.69) is 10.4 Å². The number of aromatic nitrogens is 3. The lowest BCUT2D eigenvalue weighted by Gasteiger charge is -2.15. The third-order valence-corrected chi connectivity index (χ3v) is 5.66. The molecule has 0 saturated heterocycles. The zero-order chi connectivity index (χ0) is 25.1. The largest absolute Gasteiger partial charge is 0.389 e. The molecule has 3 N–H and O–H groups in total. The van der Waals surface area contributed by atoms with Crippen molar-refractivity contribution in [2.45, 2.75) is 57.4 Å². The standard InChI is InChI=1S/C22H30Cl2N4O6/c1-34-14-16(29)13-27-20(31)12-25-28(22(27)33)15-8-9-18(24)17(11-15)21(32)26-19(30)7-5-3-2-4-6-10-23/h8-9,11-12,16,19,29-30H,2-7,10,13-14H2,1H3,(H,26,32). The maximum atomic E-state index is 12.8. The van der Waals surface area contributed by atoms with E-state index in [1.54, 1.807) is 0 Å². The van der Waals surface area contributed by atoms with Crippen LogP contribution < -0.4 is 16.6 Å². The van der Waals surface area contributed by atoms with Gasteiger partial charge in [0.1, 0.15) is 12.4 Å². The number of alkyl halides is 1. The molecule has 2 unspecified atom stereocenters. The van der Waals surface area contributed by atoms with Crippen LogP contribution in [0.15, 0.2) is 34.0 Å². The minimum absolute atomic E-state index is 0.0335. The Morgan fingerprint density at radius 1 is 1.18 bits per heavy atom. The van der Waals surface area contributed by atoms with E-state index in [9.17, 15) is 24.6 Å². The third-order valence-electron chi connectivity index (χ3n) is 5.06. The Hall–Kier alpha value is -2.24. The van der Waals surface area contributed by atoms with Gasteiger partial charge in [0.25, 0.3) is 11.5 Å². The highest BCUT2D eigenvalue weighted by Crippen LogP contribution is 2.19. The van der Waals surface area contributed by atoms with E-state index in [1.807, 2.05) is 0 Å². The quantitative estimate of drug-likeness (QED) is 0.197. The van der Waals surface area contributed by atoms with Crippen LogP contribution in [0.25, 0.3) is 5.69 Å². The number of benzene rings is 1. The lowest BCUT2D eigenvalue weighted by Crippen LogP contribution is -2.43. The molecular weight excluding hydrogens is 487 g/mol. The predicted octanol–water partition coefficient (Wildman–Crippen LogP) is 1.68. The fraction of sp³-hybridized carbons (Fsp3) is 0.545. The highest BCUT2D eigenvalue weighted by atomic mass is 35.5. The summed E-state index contributed by atoms with van der Waals surface area (Å²) in [5, 5.41) is 26.5. The number of amides is 1. The molecule has 2 rings (SSSR count). The second kappa shape index (κ2) is 14.2. The van der Waals surface area contributed by atoms with Crippen molar-refractivity contribution in [3.63, 3.8) is 0 Å². The predicted molar refractivity (Wildman–Crippen MR) is 129 cm³/mol. The molecule has 0 aliphatic carbocycles. The monoisotopic (exact) mass is 516 g/mol. The van der Waals surface area contributed by atoms with E-state index in [0.717, 1.165) is 47.5 Å². The number of aliphatic hydroxyl groups is 2. The van der Waals surface area contributed by atoms with Gasteiger partial charge in [-0.05, 0) is 37.5 Å². The van der Waals surface area contributed by atoms with Gasteiger partial charge >= 0.3 is 5.69 Å². The zero-order valence-electron chi connectivity index (χ0n) is 19.0. The van der Waals surface area contributed by atoms with Crippen molar-refractivity contribution in [1.29, 1.82) is 0 Å². The third kappa shape index (κ3) is 8.21. The number of halogens is 2. The highest BCUT2D eigenvalue weighted by Gasteiger charge is 2.17. The van der Waals surface area contributed by atoms with Crippen LogP contribution in [-0.2, 0) is 11.3 Å². The number of unbranched alkanes of at least 4 members (excludes halogenated alkanes) is 4. The van der Waals surface area contributed by atoms with Crippen LogP contribution >= 0.6 is 23.2 Å². The molecule has 10 nitrogen and oxygen atoms in total. The number of hydrogen-bond acceptors (Lipinski definition) is 7. The van der Waals surface area contributed by atoms with Crippen LogP contribution in [0.2, 0.25) is 5.02 Å². The van der Waals surface area contributed by atoms with Gasteiger partial charge in [-0.3, -0.25) is 14.2 Å². The van der Waals surface area contributed by atoms with Crippen LogP contribution in [0.4, 0.5) is 0 Å². The molecule has 1 amide bonds. The highest BCUT2D eigenvalue weighted by molar-refractivity contribution is 6.33. The van der Waals surface area contributed by atoms with Crippen molar-refractivity contribution in [3.8, 4) is 5.69 Å². The topological polar surface area (TPSA) is 136 Å². The fourth-order valence-corrected chi connectivity index (χ4v) is 3.71. The summed E-state index contributed by atoms with van der Waals surface area (Å²) in [6.07, 6.45) is 3.86. The van der Waals surface area contributed by atoms with Gasteiger partial charge in [-0.2, -0.15) is 9.78 Å². The van der Waals surface area contributed by atoms with Gasteiger partial charge in [0, 0.05) is 13.0 Å². The van der Waals surface area contributed by atoms with Crippen LogP contribution in [0.3, 0.4) is 0 Å². The number of carbonyl (C=O) groups excluding carboxylic acids is 1. The number of rotatable bonds is 14. The van der Waals surface area contributed by atoms with Gasteiger partial charge in [0.05, 0.1) is 35.5 Å². The van der Waals surface area contributed by atoms with Gasteiger partial charge in [0.15, 0.2) is 0 Å².